The van der Waals surface area contributed by atoms with Crippen molar-refractivity contribution < 1.29 is 19.1 Å². The van der Waals surface area contributed by atoms with E-state index in [1.54, 1.807) is 48.2 Å². The number of phenols is 1. The number of hydrogen-bond acceptors (Lipinski definition) is 4. The van der Waals surface area contributed by atoms with Crippen LogP contribution in [0.25, 0.3) is 10.9 Å². The molecule has 0 bridgehead atoms. The molecule has 2 aliphatic heterocycles. The zero-order chi connectivity index (χ0) is 25.1. The smallest absolute Gasteiger partial charge is 0.328 e. The van der Waals surface area contributed by atoms with Crippen LogP contribution in [0, 0.1) is 5.82 Å². The standard InChI is InChI=1S/C26H26ClFN4O3/c1-4-8-30(3)9-10-31-24(34)26(2)14-18-17-12-19(27)20(28)13-21(17)29-22(18)23(32(26)25(31)35)15-6-5-7-16(33)11-15/h4-7,11-13,23,29,33H,1,8-10,14H2,2-3H3/t23-,26+/m1/s1. The quantitative estimate of drug-likeness (QED) is 0.390. The molecule has 2 aromatic carbocycles. The highest BCUT2D eigenvalue weighted by Gasteiger charge is 2.60. The maximum absolute atomic E-state index is 14.3. The number of carbonyl (C=O) groups is 2. The van der Waals surface area contributed by atoms with Crippen LogP contribution in [0.2, 0.25) is 5.02 Å². The molecule has 1 fully saturated rings. The minimum atomic E-state index is -1.16. The molecule has 0 unspecified atom stereocenters. The third-order valence-electron chi connectivity index (χ3n) is 7.04. The van der Waals surface area contributed by atoms with E-state index in [-0.39, 0.29) is 29.6 Å². The number of benzene rings is 2. The fraction of sp³-hybridized carbons (Fsp3) is 0.308. The van der Waals surface area contributed by atoms with Crippen molar-refractivity contribution in [2.24, 2.45) is 0 Å². The summed E-state index contributed by atoms with van der Waals surface area (Å²) in [7, 11) is 1.90. The van der Waals surface area contributed by atoms with Crippen molar-refractivity contribution in [2.75, 3.05) is 26.7 Å². The number of likely N-dealkylation sites (N-methyl/N-ethyl adjacent to an activating group) is 1. The van der Waals surface area contributed by atoms with Crippen LogP contribution in [-0.4, -0.2) is 68.9 Å². The van der Waals surface area contributed by atoms with Crippen molar-refractivity contribution in [1.82, 2.24) is 19.7 Å². The lowest BCUT2D eigenvalue weighted by atomic mass is 9.81. The molecule has 0 saturated carbocycles. The summed E-state index contributed by atoms with van der Waals surface area (Å²) >= 11 is 6.11. The maximum Gasteiger partial charge on any atom is 0.328 e. The number of aromatic amines is 1. The molecule has 35 heavy (non-hydrogen) atoms. The Hall–Kier alpha value is -3.36. The molecule has 2 aliphatic rings. The number of nitrogens with zero attached hydrogens (tertiary/aromatic N) is 3. The van der Waals surface area contributed by atoms with Gasteiger partial charge in [0, 0.05) is 42.7 Å². The second kappa shape index (κ2) is 8.39. The number of halogens is 2. The number of aromatic nitrogens is 1. The predicted octanol–water partition coefficient (Wildman–Crippen LogP) is 4.45. The number of urea groups is 1. The fourth-order valence-corrected chi connectivity index (χ4v) is 5.49. The van der Waals surface area contributed by atoms with Crippen molar-refractivity contribution in [3.8, 4) is 5.75 Å². The minimum absolute atomic E-state index is 0.0125. The van der Waals surface area contributed by atoms with Gasteiger partial charge in [0.15, 0.2) is 0 Å². The van der Waals surface area contributed by atoms with Gasteiger partial charge in [0.25, 0.3) is 5.91 Å². The van der Waals surface area contributed by atoms with Crippen LogP contribution < -0.4 is 0 Å². The third-order valence-corrected chi connectivity index (χ3v) is 7.33. The van der Waals surface area contributed by atoms with Crippen molar-refractivity contribution in [1.29, 1.82) is 0 Å². The van der Waals surface area contributed by atoms with Gasteiger partial charge in [-0.05, 0) is 49.4 Å². The summed E-state index contributed by atoms with van der Waals surface area (Å²) in [5.41, 5.74) is 1.50. The molecule has 2 N–H and O–H groups in total. The highest BCUT2D eigenvalue weighted by Crippen LogP contribution is 2.49. The highest BCUT2D eigenvalue weighted by atomic mass is 35.5. The Morgan fingerprint density at radius 3 is 2.83 bits per heavy atom. The SMILES string of the molecule is C=CCN(C)CCN1C(=O)N2[C@H](c3cccc(O)c3)c3[nH]c4cc(F)c(Cl)cc4c3C[C@@]2(C)C1=O. The molecule has 0 radical (unpaired) electrons. The van der Waals surface area contributed by atoms with E-state index < -0.39 is 23.4 Å². The van der Waals surface area contributed by atoms with Crippen molar-refractivity contribution >= 4 is 34.4 Å². The van der Waals surface area contributed by atoms with Crippen LogP contribution >= 0.6 is 11.6 Å². The van der Waals surface area contributed by atoms with Crippen molar-refractivity contribution in [2.45, 2.75) is 24.9 Å². The monoisotopic (exact) mass is 496 g/mol. The second-order valence-corrected chi connectivity index (χ2v) is 9.84. The summed E-state index contributed by atoms with van der Waals surface area (Å²) in [5.74, 6) is -0.796. The Labute approximate surface area is 207 Å². The van der Waals surface area contributed by atoms with E-state index in [9.17, 15) is 19.1 Å². The zero-order valence-corrected chi connectivity index (χ0v) is 20.3. The molecule has 3 amide bonds. The number of hydrogen-bond donors (Lipinski definition) is 2. The van der Waals surface area contributed by atoms with Gasteiger partial charge in [-0.1, -0.05) is 29.8 Å². The van der Waals surface area contributed by atoms with Gasteiger partial charge in [-0.15, -0.1) is 6.58 Å². The largest absolute Gasteiger partial charge is 0.508 e. The topological polar surface area (TPSA) is 79.9 Å². The van der Waals surface area contributed by atoms with E-state index in [1.165, 1.54) is 11.0 Å². The second-order valence-electron chi connectivity index (χ2n) is 9.44. The number of phenolic OH excluding ortho intramolecular Hbond substituents is 1. The summed E-state index contributed by atoms with van der Waals surface area (Å²) in [6, 6.07) is 8.43. The van der Waals surface area contributed by atoms with Crippen LogP contribution in [0.1, 0.15) is 29.8 Å². The lowest BCUT2D eigenvalue weighted by Crippen LogP contribution is -2.53. The summed E-state index contributed by atoms with van der Waals surface area (Å²) in [5, 5.41) is 10.9. The number of carbonyl (C=O) groups excluding carboxylic acids is 2. The average Bonchev–Trinajstić information content (AvgIpc) is 3.23. The Kier molecular flexibility index (Phi) is 5.61. The number of aromatic hydroxyl groups is 1. The molecule has 3 heterocycles. The van der Waals surface area contributed by atoms with Crippen molar-refractivity contribution in [3.63, 3.8) is 0 Å². The Morgan fingerprint density at radius 2 is 2.11 bits per heavy atom. The van der Waals surface area contributed by atoms with E-state index >= 15 is 0 Å². The van der Waals surface area contributed by atoms with E-state index in [0.717, 1.165) is 5.56 Å². The first-order chi connectivity index (χ1) is 16.7. The van der Waals surface area contributed by atoms with Gasteiger partial charge in [0.05, 0.1) is 5.02 Å². The lowest BCUT2D eigenvalue weighted by molar-refractivity contribution is -0.133. The number of rotatable bonds is 6. The molecule has 2 atom stereocenters. The van der Waals surface area contributed by atoms with Crippen LogP contribution in [0.3, 0.4) is 0 Å². The first kappa shape index (κ1) is 23.4. The van der Waals surface area contributed by atoms with Gasteiger partial charge >= 0.3 is 6.03 Å². The Bertz CT molecular complexity index is 1370. The van der Waals surface area contributed by atoms with Crippen LogP contribution in [-0.2, 0) is 11.2 Å². The van der Waals surface area contributed by atoms with E-state index in [2.05, 4.69) is 11.6 Å². The molecule has 5 rings (SSSR count). The summed E-state index contributed by atoms with van der Waals surface area (Å²) in [4.78, 5) is 35.7. The first-order valence-corrected chi connectivity index (χ1v) is 11.8. The van der Waals surface area contributed by atoms with E-state index in [0.29, 0.717) is 35.2 Å². The molecule has 1 aromatic heterocycles. The molecule has 1 saturated heterocycles. The van der Waals surface area contributed by atoms with E-state index in [1.807, 2.05) is 11.9 Å². The van der Waals surface area contributed by atoms with Crippen molar-refractivity contribution in [3.05, 3.63) is 76.7 Å². The molecular weight excluding hydrogens is 471 g/mol. The summed E-state index contributed by atoms with van der Waals surface area (Å²) in [6.45, 7) is 6.88. The van der Waals surface area contributed by atoms with Crippen LogP contribution in [0.15, 0.2) is 49.1 Å². The highest BCUT2D eigenvalue weighted by molar-refractivity contribution is 6.31. The van der Waals surface area contributed by atoms with E-state index in [4.69, 9.17) is 11.6 Å². The van der Waals surface area contributed by atoms with Gasteiger partial charge in [0.2, 0.25) is 0 Å². The number of H-pyrrole nitrogens is 1. The normalized spacial score (nSPS) is 21.7. The van der Waals surface area contributed by atoms with Gasteiger partial charge < -0.3 is 15.0 Å². The minimum Gasteiger partial charge on any atom is -0.508 e. The Morgan fingerprint density at radius 1 is 1.34 bits per heavy atom. The predicted molar refractivity (Wildman–Crippen MR) is 132 cm³/mol. The van der Waals surface area contributed by atoms with Crippen LogP contribution in [0.4, 0.5) is 9.18 Å². The number of imide groups is 1. The third kappa shape index (κ3) is 3.59. The molecule has 0 spiro atoms. The summed E-state index contributed by atoms with van der Waals surface area (Å²) in [6.07, 6.45) is 2.02. The molecule has 182 valence electrons. The lowest BCUT2D eigenvalue weighted by Gasteiger charge is -2.42. The molecule has 0 aliphatic carbocycles. The van der Waals surface area contributed by atoms with Gasteiger partial charge in [-0.25, -0.2) is 9.18 Å². The zero-order valence-electron chi connectivity index (χ0n) is 19.5. The van der Waals surface area contributed by atoms with Crippen LogP contribution in [0.5, 0.6) is 5.75 Å². The molecular formula is C26H26ClFN4O3. The first-order valence-electron chi connectivity index (χ1n) is 11.4. The summed E-state index contributed by atoms with van der Waals surface area (Å²) < 4.78 is 14.3. The number of amides is 3. The maximum atomic E-state index is 14.3. The average molecular weight is 497 g/mol. The van der Waals surface area contributed by atoms with Gasteiger partial charge in [-0.2, -0.15) is 0 Å². The Balaban J connectivity index is 1.66. The number of fused-ring (bicyclic) bond motifs is 4. The van der Waals surface area contributed by atoms with Gasteiger partial charge in [0.1, 0.15) is 23.1 Å². The fourth-order valence-electron chi connectivity index (χ4n) is 5.33. The molecule has 7 nitrogen and oxygen atoms in total. The number of nitrogens with one attached hydrogen (secondary N) is 1. The molecule has 9 heteroatoms. The molecule has 3 aromatic rings. The van der Waals surface area contributed by atoms with Gasteiger partial charge in [-0.3, -0.25) is 14.6 Å².